The van der Waals surface area contributed by atoms with Gasteiger partial charge in [-0.2, -0.15) is 0 Å². The number of sulfone groups is 1. The highest BCUT2D eigenvalue weighted by atomic mass is 32.2. The standard InChI is InChI=1S/C14H17NO3S/c16-12-9-14(7-4-8-19(17,18)10-14)13(15-12)11-5-2-1-3-6-11/h1-3,5-6,13H,4,7-10H2,(H,15,16). The lowest BCUT2D eigenvalue weighted by atomic mass is 9.75. The molecule has 0 saturated carbocycles. The van der Waals surface area contributed by atoms with Gasteiger partial charge in [-0.1, -0.05) is 30.3 Å². The summed E-state index contributed by atoms with van der Waals surface area (Å²) >= 11 is 0. The van der Waals surface area contributed by atoms with E-state index in [1.165, 1.54) is 0 Å². The van der Waals surface area contributed by atoms with Gasteiger partial charge in [0.25, 0.3) is 0 Å². The van der Waals surface area contributed by atoms with E-state index in [0.29, 0.717) is 12.8 Å². The van der Waals surface area contributed by atoms with Crippen molar-refractivity contribution in [1.82, 2.24) is 5.32 Å². The molecule has 2 atom stereocenters. The van der Waals surface area contributed by atoms with E-state index in [2.05, 4.69) is 5.32 Å². The summed E-state index contributed by atoms with van der Waals surface area (Å²) in [5.41, 5.74) is 0.556. The van der Waals surface area contributed by atoms with Crippen LogP contribution < -0.4 is 5.32 Å². The van der Waals surface area contributed by atoms with Gasteiger partial charge in [-0.25, -0.2) is 8.42 Å². The van der Waals surface area contributed by atoms with Crippen LogP contribution in [0.15, 0.2) is 30.3 Å². The van der Waals surface area contributed by atoms with Gasteiger partial charge in [0.05, 0.1) is 17.5 Å². The van der Waals surface area contributed by atoms with Gasteiger partial charge < -0.3 is 5.32 Å². The second-order valence-electron chi connectivity index (χ2n) is 5.65. The van der Waals surface area contributed by atoms with Crippen LogP contribution in [0.2, 0.25) is 0 Å². The Morgan fingerprint density at radius 1 is 1.21 bits per heavy atom. The van der Waals surface area contributed by atoms with Crippen molar-refractivity contribution in [2.45, 2.75) is 25.3 Å². The van der Waals surface area contributed by atoms with Crippen molar-refractivity contribution in [1.29, 1.82) is 0 Å². The number of carbonyl (C=O) groups is 1. The topological polar surface area (TPSA) is 63.2 Å². The Hall–Kier alpha value is -1.36. The lowest BCUT2D eigenvalue weighted by Crippen LogP contribution is -2.40. The molecule has 1 aromatic carbocycles. The second-order valence-corrected chi connectivity index (χ2v) is 7.83. The molecule has 1 amide bonds. The zero-order chi connectivity index (χ0) is 13.5. The van der Waals surface area contributed by atoms with Gasteiger partial charge in [0.2, 0.25) is 5.91 Å². The summed E-state index contributed by atoms with van der Waals surface area (Å²) < 4.78 is 23.9. The smallest absolute Gasteiger partial charge is 0.221 e. The number of hydrogen-bond acceptors (Lipinski definition) is 3. The first-order valence-electron chi connectivity index (χ1n) is 6.56. The molecule has 2 saturated heterocycles. The molecule has 3 rings (SSSR count). The number of amides is 1. The summed E-state index contributed by atoms with van der Waals surface area (Å²) in [4.78, 5) is 11.8. The average Bonchev–Trinajstić information content (AvgIpc) is 2.65. The number of benzene rings is 1. The molecule has 1 aromatic rings. The van der Waals surface area contributed by atoms with Crippen molar-refractivity contribution in [3.63, 3.8) is 0 Å². The molecule has 0 aliphatic carbocycles. The highest BCUT2D eigenvalue weighted by Gasteiger charge is 2.51. The van der Waals surface area contributed by atoms with E-state index in [-0.39, 0.29) is 23.5 Å². The van der Waals surface area contributed by atoms with Gasteiger partial charge in [0.1, 0.15) is 0 Å². The highest BCUT2D eigenvalue weighted by Crippen LogP contribution is 2.48. The third-order valence-corrected chi connectivity index (χ3v) is 6.13. The third kappa shape index (κ3) is 2.27. The molecular weight excluding hydrogens is 262 g/mol. The summed E-state index contributed by atoms with van der Waals surface area (Å²) in [5.74, 6) is 0.342. The first kappa shape index (κ1) is 12.7. The summed E-state index contributed by atoms with van der Waals surface area (Å²) in [7, 11) is -3.03. The molecule has 1 spiro atoms. The maximum Gasteiger partial charge on any atom is 0.221 e. The first-order chi connectivity index (χ1) is 9.01. The SMILES string of the molecule is O=C1CC2(CCCS(=O)(=O)C2)C(c2ccccc2)N1. The molecule has 0 radical (unpaired) electrons. The van der Waals surface area contributed by atoms with Crippen LogP contribution in [0.5, 0.6) is 0 Å². The maximum absolute atomic E-state index is 12.0. The fourth-order valence-electron chi connectivity index (χ4n) is 3.46. The van der Waals surface area contributed by atoms with Crippen LogP contribution in [0.3, 0.4) is 0 Å². The summed E-state index contributed by atoms with van der Waals surface area (Å²) in [5, 5.41) is 2.97. The van der Waals surface area contributed by atoms with E-state index in [1.54, 1.807) is 0 Å². The quantitative estimate of drug-likeness (QED) is 0.846. The molecule has 5 heteroatoms. The minimum absolute atomic E-state index is 0.0362. The molecule has 19 heavy (non-hydrogen) atoms. The summed E-state index contributed by atoms with van der Waals surface area (Å²) in [6, 6.07) is 9.51. The minimum atomic E-state index is -3.03. The summed E-state index contributed by atoms with van der Waals surface area (Å²) in [6.07, 6.45) is 1.77. The van der Waals surface area contributed by atoms with Crippen LogP contribution in [-0.4, -0.2) is 25.8 Å². The molecule has 2 unspecified atom stereocenters. The maximum atomic E-state index is 12.0. The van der Waals surface area contributed by atoms with E-state index in [4.69, 9.17) is 0 Å². The van der Waals surface area contributed by atoms with Crippen molar-refractivity contribution in [3.8, 4) is 0 Å². The number of carbonyl (C=O) groups excluding carboxylic acids is 1. The Morgan fingerprint density at radius 3 is 2.63 bits per heavy atom. The third-order valence-electron chi connectivity index (χ3n) is 4.20. The van der Waals surface area contributed by atoms with E-state index < -0.39 is 15.3 Å². The average molecular weight is 279 g/mol. The Morgan fingerprint density at radius 2 is 1.95 bits per heavy atom. The van der Waals surface area contributed by atoms with Crippen molar-refractivity contribution < 1.29 is 13.2 Å². The Labute approximate surface area is 113 Å². The molecule has 2 heterocycles. The van der Waals surface area contributed by atoms with Gasteiger partial charge in [-0.05, 0) is 18.4 Å². The molecule has 0 bridgehead atoms. The van der Waals surface area contributed by atoms with Crippen molar-refractivity contribution in [3.05, 3.63) is 35.9 Å². The Kier molecular flexibility index (Phi) is 2.89. The highest BCUT2D eigenvalue weighted by molar-refractivity contribution is 7.91. The van der Waals surface area contributed by atoms with E-state index in [0.717, 1.165) is 12.0 Å². The Bertz CT molecular complexity index is 596. The monoisotopic (exact) mass is 279 g/mol. The predicted molar refractivity (Wildman–Crippen MR) is 72.3 cm³/mol. The molecular formula is C14H17NO3S. The number of hydrogen-bond donors (Lipinski definition) is 1. The normalized spacial score (nSPS) is 33.3. The van der Waals surface area contributed by atoms with Crippen LogP contribution in [0, 0.1) is 5.41 Å². The largest absolute Gasteiger partial charge is 0.349 e. The molecule has 4 nitrogen and oxygen atoms in total. The Balaban J connectivity index is 2.01. The molecule has 1 N–H and O–H groups in total. The van der Waals surface area contributed by atoms with Gasteiger partial charge >= 0.3 is 0 Å². The van der Waals surface area contributed by atoms with Crippen LogP contribution in [0.4, 0.5) is 0 Å². The van der Waals surface area contributed by atoms with Crippen LogP contribution >= 0.6 is 0 Å². The van der Waals surface area contributed by atoms with Crippen LogP contribution in [0.25, 0.3) is 0 Å². The van der Waals surface area contributed by atoms with Gasteiger partial charge in [0.15, 0.2) is 9.84 Å². The molecule has 0 aromatic heterocycles. The van der Waals surface area contributed by atoms with E-state index in [1.807, 2.05) is 30.3 Å². The van der Waals surface area contributed by atoms with Crippen molar-refractivity contribution in [2.75, 3.05) is 11.5 Å². The predicted octanol–water partition coefficient (Wildman–Crippen LogP) is 1.44. The first-order valence-corrected chi connectivity index (χ1v) is 8.38. The van der Waals surface area contributed by atoms with Crippen molar-refractivity contribution in [2.24, 2.45) is 5.41 Å². The van der Waals surface area contributed by atoms with Gasteiger partial charge in [-0.15, -0.1) is 0 Å². The van der Waals surface area contributed by atoms with E-state index in [9.17, 15) is 13.2 Å². The second kappa shape index (κ2) is 4.34. The zero-order valence-corrected chi connectivity index (χ0v) is 11.4. The van der Waals surface area contributed by atoms with Gasteiger partial charge in [-0.3, -0.25) is 4.79 Å². The fraction of sp³-hybridized carbons (Fsp3) is 0.500. The fourth-order valence-corrected chi connectivity index (χ4v) is 5.48. The van der Waals surface area contributed by atoms with Gasteiger partial charge in [0, 0.05) is 11.8 Å². The lowest BCUT2D eigenvalue weighted by Gasteiger charge is -2.37. The van der Waals surface area contributed by atoms with E-state index >= 15 is 0 Å². The summed E-state index contributed by atoms with van der Waals surface area (Å²) in [6.45, 7) is 0. The lowest BCUT2D eigenvalue weighted by molar-refractivity contribution is -0.119. The number of rotatable bonds is 1. The van der Waals surface area contributed by atoms with Crippen molar-refractivity contribution >= 4 is 15.7 Å². The molecule has 2 aliphatic heterocycles. The van der Waals surface area contributed by atoms with Crippen LogP contribution in [-0.2, 0) is 14.6 Å². The molecule has 2 aliphatic rings. The molecule has 102 valence electrons. The minimum Gasteiger partial charge on any atom is -0.349 e. The zero-order valence-electron chi connectivity index (χ0n) is 10.6. The van der Waals surface area contributed by atoms with Crippen LogP contribution in [0.1, 0.15) is 30.9 Å². The number of nitrogens with one attached hydrogen (secondary N) is 1. The molecule has 2 fully saturated rings.